The highest BCUT2D eigenvalue weighted by atomic mass is 35.5. The van der Waals surface area contributed by atoms with E-state index in [1.54, 1.807) is 24.3 Å². The van der Waals surface area contributed by atoms with E-state index in [1.807, 2.05) is 4.98 Å². The summed E-state index contributed by atoms with van der Waals surface area (Å²) in [5.74, 6) is -3.90. The van der Waals surface area contributed by atoms with Crippen LogP contribution < -0.4 is 11.3 Å². The summed E-state index contributed by atoms with van der Waals surface area (Å²) in [4.78, 5) is 49.5. The van der Waals surface area contributed by atoms with Gasteiger partial charge in [-0.15, -0.1) is 0 Å². The monoisotopic (exact) mass is 461 g/mol. The number of aromatic amines is 1. The van der Waals surface area contributed by atoms with Crippen LogP contribution in [0.25, 0.3) is 11.1 Å². The number of nitrogen functional groups attached to an aromatic ring is 1. The minimum absolute atomic E-state index is 0.137. The number of H-pyrrole nitrogens is 1. The molecule has 1 heterocycles. The molecule has 3 aromatic rings. The molecule has 31 heavy (non-hydrogen) atoms. The molecule has 0 aliphatic rings. The Morgan fingerprint density at radius 3 is 2.23 bits per heavy atom. The molecule has 0 saturated carbocycles. The number of nitro benzene ring substituents is 1. The lowest BCUT2D eigenvalue weighted by molar-refractivity contribution is -0.384. The highest BCUT2D eigenvalue weighted by Crippen LogP contribution is 2.41. The van der Waals surface area contributed by atoms with Crippen LogP contribution in [0, 0.1) is 10.1 Å². The predicted molar refractivity (Wildman–Crippen MR) is 113 cm³/mol. The Kier molecular flexibility index (Phi) is 5.99. The van der Waals surface area contributed by atoms with Crippen LogP contribution in [0.3, 0.4) is 0 Å². The highest BCUT2D eigenvalue weighted by Gasteiger charge is 2.29. The standard InChI is InChI=1S/C19H12ClN3O7S/c20-8-1-4-10(5-2-8)31-12-6-3-9(23(29)30)7-11(12)13-14(18(25)26)16(21)22-17(24)15(13)19(27)28/h1-7H,(H,25,26)(H,27,28)(H3,21,22,24). The Balaban J connectivity index is 2.40. The number of nitro groups is 1. The average molecular weight is 462 g/mol. The van der Waals surface area contributed by atoms with Gasteiger partial charge in [-0.3, -0.25) is 14.9 Å². The molecular formula is C19H12ClN3O7S. The van der Waals surface area contributed by atoms with E-state index in [0.29, 0.717) is 9.92 Å². The number of carboxylic acid groups (broad SMARTS) is 2. The maximum absolute atomic E-state index is 12.3. The zero-order valence-electron chi connectivity index (χ0n) is 15.3. The third kappa shape index (κ3) is 4.37. The molecule has 3 rings (SSSR count). The van der Waals surface area contributed by atoms with Crippen LogP contribution in [0.4, 0.5) is 11.5 Å². The van der Waals surface area contributed by atoms with Crippen LogP contribution in [0.5, 0.6) is 0 Å². The minimum atomic E-state index is -1.72. The number of anilines is 1. The van der Waals surface area contributed by atoms with E-state index in [0.717, 1.165) is 17.8 Å². The zero-order chi connectivity index (χ0) is 22.9. The molecule has 2 aromatic carbocycles. The summed E-state index contributed by atoms with van der Waals surface area (Å²) < 4.78 is 0. The summed E-state index contributed by atoms with van der Waals surface area (Å²) in [6, 6.07) is 10.0. The van der Waals surface area contributed by atoms with E-state index in [2.05, 4.69) is 0 Å². The zero-order valence-corrected chi connectivity index (χ0v) is 16.9. The number of carboxylic acids is 2. The first-order chi connectivity index (χ1) is 14.6. The summed E-state index contributed by atoms with van der Waals surface area (Å²) in [6.45, 7) is 0. The SMILES string of the molecule is Nc1[nH]c(=O)c(C(=O)O)c(-c2cc([N+](=O)[O-])ccc2Sc2ccc(Cl)cc2)c1C(=O)O. The molecule has 10 nitrogen and oxygen atoms in total. The Morgan fingerprint density at radius 2 is 1.68 bits per heavy atom. The molecule has 5 N–H and O–H groups in total. The fourth-order valence-corrected chi connectivity index (χ4v) is 3.92. The van der Waals surface area contributed by atoms with Gasteiger partial charge in [0.2, 0.25) is 0 Å². The predicted octanol–water partition coefficient (Wildman–Crippen LogP) is 3.73. The van der Waals surface area contributed by atoms with Gasteiger partial charge in [-0.2, -0.15) is 0 Å². The lowest BCUT2D eigenvalue weighted by atomic mass is 9.95. The van der Waals surface area contributed by atoms with E-state index >= 15 is 0 Å². The number of rotatable bonds is 6. The van der Waals surface area contributed by atoms with Crippen molar-refractivity contribution in [2.45, 2.75) is 9.79 Å². The second-order valence-corrected chi connectivity index (χ2v) is 7.65. The summed E-state index contributed by atoms with van der Waals surface area (Å²) in [7, 11) is 0. The Morgan fingerprint density at radius 1 is 1.06 bits per heavy atom. The molecule has 1 aromatic heterocycles. The van der Waals surface area contributed by atoms with Crippen molar-refractivity contribution < 1.29 is 24.7 Å². The lowest BCUT2D eigenvalue weighted by Crippen LogP contribution is -2.24. The van der Waals surface area contributed by atoms with Gasteiger partial charge < -0.3 is 20.9 Å². The van der Waals surface area contributed by atoms with Crippen molar-refractivity contribution in [3.8, 4) is 11.1 Å². The molecule has 0 aliphatic heterocycles. The smallest absolute Gasteiger partial charge is 0.342 e. The van der Waals surface area contributed by atoms with E-state index in [9.17, 15) is 34.7 Å². The fraction of sp³-hybridized carbons (Fsp3) is 0. The van der Waals surface area contributed by atoms with Gasteiger partial charge in [-0.05, 0) is 30.3 Å². The third-order valence-corrected chi connectivity index (χ3v) is 5.49. The van der Waals surface area contributed by atoms with Gasteiger partial charge in [0.1, 0.15) is 16.9 Å². The number of hydrogen-bond donors (Lipinski definition) is 4. The van der Waals surface area contributed by atoms with E-state index < -0.39 is 50.6 Å². The molecule has 0 unspecified atom stereocenters. The molecule has 158 valence electrons. The molecule has 0 radical (unpaired) electrons. The van der Waals surface area contributed by atoms with Crippen molar-refractivity contribution in [2.75, 3.05) is 5.73 Å². The molecule has 0 aliphatic carbocycles. The molecule has 0 spiro atoms. The topological polar surface area (TPSA) is 177 Å². The fourth-order valence-electron chi connectivity index (χ4n) is 2.86. The average Bonchev–Trinajstić information content (AvgIpc) is 2.68. The maximum Gasteiger partial charge on any atom is 0.342 e. The number of nitrogens with one attached hydrogen (secondary N) is 1. The van der Waals surface area contributed by atoms with Gasteiger partial charge in [0.25, 0.3) is 11.2 Å². The van der Waals surface area contributed by atoms with Crippen LogP contribution in [0.15, 0.2) is 57.1 Å². The van der Waals surface area contributed by atoms with E-state index in [-0.39, 0.29) is 10.5 Å². The quantitative estimate of drug-likeness (QED) is 0.314. The molecular weight excluding hydrogens is 450 g/mol. The third-order valence-electron chi connectivity index (χ3n) is 4.16. The van der Waals surface area contributed by atoms with Crippen molar-refractivity contribution in [1.82, 2.24) is 4.98 Å². The number of hydrogen-bond acceptors (Lipinski definition) is 7. The van der Waals surface area contributed by atoms with Crippen molar-refractivity contribution in [3.63, 3.8) is 0 Å². The number of nitrogens with zero attached hydrogens (tertiary/aromatic N) is 1. The van der Waals surface area contributed by atoms with Gasteiger partial charge in [0.15, 0.2) is 0 Å². The van der Waals surface area contributed by atoms with Gasteiger partial charge in [0, 0.05) is 38.1 Å². The van der Waals surface area contributed by atoms with Gasteiger partial charge >= 0.3 is 11.9 Å². The Hall–Kier alpha value is -3.83. The van der Waals surface area contributed by atoms with Crippen molar-refractivity contribution in [3.05, 3.63) is 79.1 Å². The molecule has 0 atom stereocenters. The van der Waals surface area contributed by atoms with Crippen LogP contribution in [0.2, 0.25) is 5.02 Å². The first-order valence-electron chi connectivity index (χ1n) is 8.34. The molecule has 0 saturated heterocycles. The molecule has 0 amide bonds. The first-order valence-corrected chi connectivity index (χ1v) is 9.54. The highest BCUT2D eigenvalue weighted by molar-refractivity contribution is 7.99. The van der Waals surface area contributed by atoms with Gasteiger partial charge in [-0.25, -0.2) is 9.59 Å². The number of benzene rings is 2. The number of halogens is 1. The Bertz CT molecular complexity index is 1290. The van der Waals surface area contributed by atoms with Crippen molar-refractivity contribution in [1.29, 1.82) is 0 Å². The molecule has 0 fully saturated rings. The Labute approximate surface area is 182 Å². The maximum atomic E-state index is 12.3. The first kappa shape index (κ1) is 21.9. The summed E-state index contributed by atoms with van der Waals surface area (Å²) in [6.07, 6.45) is 0. The number of nitrogens with two attached hydrogens (primary N) is 1. The molecule has 12 heteroatoms. The van der Waals surface area contributed by atoms with Crippen molar-refractivity contribution >= 4 is 46.8 Å². The minimum Gasteiger partial charge on any atom is -0.478 e. The number of aromatic nitrogens is 1. The lowest BCUT2D eigenvalue weighted by Gasteiger charge is -2.15. The normalized spacial score (nSPS) is 10.6. The second-order valence-electron chi connectivity index (χ2n) is 6.10. The largest absolute Gasteiger partial charge is 0.478 e. The van der Waals surface area contributed by atoms with Crippen molar-refractivity contribution in [2.24, 2.45) is 0 Å². The van der Waals surface area contributed by atoms with Crippen LogP contribution in [-0.2, 0) is 0 Å². The van der Waals surface area contributed by atoms with Crippen LogP contribution >= 0.6 is 23.4 Å². The summed E-state index contributed by atoms with van der Waals surface area (Å²) >= 11 is 6.95. The van der Waals surface area contributed by atoms with E-state index in [4.69, 9.17) is 17.3 Å². The molecule has 0 bridgehead atoms. The second kappa shape index (κ2) is 8.50. The van der Waals surface area contributed by atoms with Crippen LogP contribution in [0.1, 0.15) is 20.7 Å². The van der Waals surface area contributed by atoms with E-state index in [1.165, 1.54) is 12.1 Å². The van der Waals surface area contributed by atoms with Crippen LogP contribution in [-0.4, -0.2) is 32.1 Å². The van der Waals surface area contributed by atoms with Gasteiger partial charge in [-0.1, -0.05) is 23.4 Å². The number of pyridine rings is 1. The summed E-state index contributed by atoms with van der Waals surface area (Å²) in [5.41, 5.74) is 1.85. The number of non-ortho nitro benzene ring substituents is 1. The number of aromatic carboxylic acids is 2. The van der Waals surface area contributed by atoms with Gasteiger partial charge in [0.05, 0.1) is 4.92 Å². The number of carbonyl (C=O) groups is 2. The summed E-state index contributed by atoms with van der Waals surface area (Å²) in [5, 5.41) is 31.0.